The van der Waals surface area contributed by atoms with Crippen LogP contribution >= 0.6 is 0 Å². The molecular weight excluding hydrogens is 208 g/mol. The molecule has 0 aromatic heterocycles. The minimum Gasteiger partial charge on any atom is -0.335 e. The molecule has 1 aliphatic rings. The van der Waals surface area contributed by atoms with Crippen molar-refractivity contribution in [2.45, 2.75) is 52.9 Å². The number of hydrogen-bond acceptors (Lipinski definition) is 2. The van der Waals surface area contributed by atoms with Gasteiger partial charge in [-0.1, -0.05) is 27.7 Å². The molecule has 13 heavy (non-hydrogen) atoms. The van der Waals surface area contributed by atoms with Crippen molar-refractivity contribution in [2.24, 2.45) is 0 Å². The fourth-order valence-electron chi connectivity index (χ4n) is 2.02. The molecule has 4 radical (unpaired) electrons. The van der Waals surface area contributed by atoms with E-state index in [0.717, 1.165) is 30.5 Å². The first-order chi connectivity index (χ1) is 5.87. The highest BCUT2D eigenvalue weighted by molar-refractivity contribution is 7.11. The lowest BCUT2D eigenvalue weighted by atomic mass is 10.4. The largest absolute Gasteiger partial charge is 0.335 e. The van der Waals surface area contributed by atoms with Crippen molar-refractivity contribution in [3.05, 3.63) is 0 Å². The predicted molar refractivity (Wildman–Crippen MR) is 62.9 cm³/mol. The maximum atomic E-state index is 2.76. The average Bonchev–Trinajstić information content (AvgIpc) is 2.24. The molecule has 0 atom stereocenters. The van der Waals surface area contributed by atoms with E-state index < -0.39 is 8.40 Å². The maximum Gasteiger partial charge on any atom is 0.186 e. The minimum absolute atomic E-state index is 0.733. The van der Waals surface area contributed by atoms with Gasteiger partial charge in [0.1, 0.15) is 18.4 Å². The Morgan fingerprint density at radius 1 is 0.846 bits per heavy atom. The summed E-state index contributed by atoms with van der Waals surface area (Å²) in [5.74, 6) is 0. The number of hydrogen-bond donors (Lipinski definition) is 0. The normalized spacial score (nSPS) is 24.9. The van der Waals surface area contributed by atoms with E-state index in [1.165, 1.54) is 0 Å². The van der Waals surface area contributed by atoms with E-state index in [0.29, 0.717) is 0 Å². The van der Waals surface area contributed by atoms with Crippen molar-refractivity contribution in [2.75, 3.05) is 0 Å². The second-order valence-electron chi connectivity index (χ2n) is 4.65. The van der Waals surface area contributed by atoms with Gasteiger partial charge in [0, 0.05) is 0 Å². The summed E-state index contributed by atoms with van der Waals surface area (Å²) < 4.78 is 5.51. The summed E-state index contributed by atoms with van der Waals surface area (Å²) in [5, 5.41) is 0. The van der Waals surface area contributed by atoms with E-state index >= 15 is 0 Å². The summed E-state index contributed by atoms with van der Waals surface area (Å²) in [6, 6.07) is 1.47. The first-order valence-electron chi connectivity index (χ1n) is 4.97. The third-order valence-electron chi connectivity index (χ3n) is 2.50. The second-order valence-corrected chi connectivity index (χ2v) is 12.2. The van der Waals surface area contributed by atoms with Crippen LogP contribution in [0.2, 0.25) is 13.1 Å². The van der Waals surface area contributed by atoms with Gasteiger partial charge in [0.25, 0.3) is 0 Å². The fraction of sp³-hybridized carbons (Fsp3) is 1.00. The molecule has 0 saturated carbocycles. The molecular formula is C8H20N2Si3. The Kier molecular flexibility index (Phi) is 3.56. The summed E-state index contributed by atoms with van der Waals surface area (Å²) in [7, 11) is 0.873. The van der Waals surface area contributed by atoms with Gasteiger partial charge >= 0.3 is 0 Å². The molecule has 0 aromatic carbocycles. The number of rotatable bonds is 2. The van der Waals surface area contributed by atoms with Crippen LogP contribution in [-0.4, -0.2) is 47.3 Å². The molecule has 1 aliphatic heterocycles. The van der Waals surface area contributed by atoms with Crippen LogP contribution in [0.4, 0.5) is 0 Å². The summed E-state index contributed by atoms with van der Waals surface area (Å²) in [6.45, 7) is 14.3. The molecule has 0 amide bonds. The van der Waals surface area contributed by atoms with Crippen molar-refractivity contribution in [3.8, 4) is 0 Å². The minimum atomic E-state index is -1.23. The Labute approximate surface area is 88.4 Å². The third-order valence-corrected chi connectivity index (χ3v) is 14.5. The predicted octanol–water partition coefficient (Wildman–Crippen LogP) is 1.28. The average molecular weight is 229 g/mol. The number of nitrogens with zero attached hydrogens (tertiary/aromatic N) is 2. The van der Waals surface area contributed by atoms with E-state index in [9.17, 15) is 0 Å². The molecule has 1 fully saturated rings. The molecule has 74 valence electrons. The summed E-state index contributed by atoms with van der Waals surface area (Å²) in [6.07, 6.45) is 0. The van der Waals surface area contributed by atoms with Gasteiger partial charge in [-0.3, -0.25) is 0 Å². The fourth-order valence-corrected chi connectivity index (χ4v) is 16.7. The van der Waals surface area contributed by atoms with Crippen LogP contribution in [0.25, 0.3) is 0 Å². The highest BCUT2D eigenvalue weighted by Gasteiger charge is 2.44. The van der Waals surface area contributed by atoms with Crippen molar-refractivity contribution in [3.63, 3.8) is 0 Å². The lowest BCUT2D eigenvalue weighted by Crippen LogP contribution is -2.58. The van der Waals surface area contributed by atoms with Crippen LogP contribution in [0.15, 0.2) is 0 Å². The molecule has 1 rings (SSSR count). The van der Waals surface area contributed by atoms with Gasteiger partial charge in [0.05, 0.1) is 0 Å². The molecule has 0 aromatic rings. The lowest BCUT2D eigenvalue weighted by Gasteiger charge is -2.41. The quantitative estimate of drug-likeness (QED) is 0.657. The Hall–Kier alpha value is 0.571. The molecule has 0 N–H and O–H groups in total. The molecule has 5 heteroatoms. The van der Waals surface area contributed by atoms with Crippen molar-refractivity contribution >= 4 is 26.8 Å². The first kappa shape index (κ1) is 11.6. The highest BCUT2D eigenvalue weighted by Crippen LogP contribution is 2.23. The lowest BCUT2D eigenvalue weighted by molar-refractivity contribution is 0.457. The summed E-state index contributed by atoms with van der Waals surface area (Å²) in [5.41, 5.74) is 0. The van der Waals surface area contributed by atoms with Crippen LogP contribution in [0.3, 0.4) is 0 Å². The zero-order valence-electron chi connectivity index (χ0n) is 9.55. The standard InChI is InChI=1S/C8H20N2Si3/c1-7(2)9-11-12-10(8(3)4)13(9,5)6/h7-8H,1-6H3. The zero-order chi connectivity index (χ0) is 10.2. The Bertz CT molecular complexity index is 164. The van der Waals surface area contributed by atoms with Gasteiger partial charge in [-0.25, -0.2) is 0 Å². The van der Waals surface area contributed by atoms with E-state index in [4.69, 9.17) is 0 Å². The van der Waals surface area contributed by atoms with Gasteiger partial charge in [-0.05, 0) is 25.2 Å². The zero-order valence-corrected chi connectivity index (χ0v) is 12.5. The molecule has 1 heterocycles. The Morgan fingerprint density at radius 2 is 1.15 bits per heavy atom. The molecule has 0 aliphatic carbocycles. The smallest absolute Gasteiger partial charge is 0.186 e. The van der Waals surface area contributed by atoms with Crippen LogP contribution in [0.1, 0.15) is 27.7 Å². The first-order valence-corrected chi connectivity index (χ1v) is 10.8. The molecule has 0 spiro atoms. The van der Waals surface area contributed by atoms with Crippen LogP contribution in [0.5, 0.6) is 0 Å². The van der Waals surface area contributed by atoms with Crippen molar-refractivity contribution in [1.82, 2.24) is 8.46 Å². The van der Waals surface area contributed by atoms with Gasteiger partial charge in [-0.15, -0.1) is 0 Å². The summed E-state index contributed by atoms with van der Waals surface area (Å²) in [4.78, 5) is 0. The SMILES string of the molecule is CC(C)N1[Si][Si]N(C(C)C)[Si]1(C)C. The van der Waals surface area contributed by atoms with Crippen molar-refractivity contribution in [1.29, 1.82) is 0 Å². The Morgan fingerprint density at radius 3 is 1.31 bits per heavy atom. The van der Waals surface area contributed by atoms with E-state index in [2.05, 4.69) is 49.3 Å². The van der Waals surface area contributed by atoms with Gasteiger partial charge in [0.15, 0.2) is 8.40 Å². The molecule has 2 nitrogen and oxygen atoms in total. The monoisotopic (exact) mass is 228 g/mol. The highest BCUT2D eigenvalue weighted by atomic mass is 29.2. The van der Waals surface area contributed by atoms with E-state index in [-0.39, 0.29) is 0 Å². The van der Waals surface area contributed by atoms with Gasteiger partial charge in [0.2, 0.25) is 0 Å². The molecule has 1 saturated heterocycles. The van der Waals surface area contributed by atoms with Gasteiger partial charge < -0.3 is 8.46 Å². The Balaban J connectivity index is 2.76. The van der Waals surface area contributed by atoms with Gasteiger partial charge in [-0.2, -0.15) is 0 Å². The van der Waals surface area contributed by atoms with Crippen LogP contribution in [0, 0.1) is 0 Å². The van der Waals surface area contributed by atoms with E-state index in [1.54, 1.807) is 0 Å². The molecule has 0 unspecified atom stereocenters. The maximum absolute atomic E-state index is 2.76. The second kappa shape index (κ2) is 3.98. The topological polar surface area (TPSA) is 6.48 Å². The third kappa shape index (κ3) is 2.15. The van der Waals surface area contributed by atoms with Crippen LogP contribution in [-0.2, 0) is 0 Å². The van der Waals surface area contributed by atoms with Crippen LogP contribution < -0.4 is 0 Å². The van der Waals surface area contributed by atoms with Crippen molar-refractivity contribution < 1.29 is 0 Å². The molecule has 0 bridgehead atoms. The van der Waals surface area contributed by atoms with E-state index in [1.807, 2.05) is 0 Å². The summed E-state index contributed by atoms with van der Waals surface area (Å²) >= 11 is 0.